The summed E-state index contributed by atoms with van der Waals surface area (Å²) in [5.74, 6) is 0.168. The molecule has 34 heavy (non-hydrogen) atoms. The predicted molar refractivity (Wildman–Crippen MR) is 133 cm³/mol. The molecule has 0 unspecified atom stereocenters. The minimum atomic E-state index is -0.515. The number of fused-ring (bicyclic) bond motifs is 1. The van der Waals surface area contributed by atoms with E-state index in [1.54, 1.807) is 29.4 Å². The van der Waals surface area contributed by atoms with Gasteiger partial charge in [-0.15, -0.1) is 11.3 Å². The summed E-state index contributed by atoms with van der Waals surface area (Å²) in [6, 6.07) is 13.1. The van der Waals surface area contributed by atoms with Crippen molar-refractivity contribution in [2.45, 2.75) is 39.3 Å². The SMILES string of the molecule is COCCOc1cc(F)ccc1-c1cc(-c2ccc3c(c2)CN(C(=O)OC(C)(C)C)CC3)cs1. The minimum absolute atomic E-state index is 0.279. The van der Waals surface area contributed by atoms with E-state index in [-0.39, 0.29) is 11.9 Å². The average molecular weight is 484 g/mol. The van der Waals surface area contributed by atoms with Gasteiger partial charge in [0.25, 0.3) is 0 Å². The Kier molecular flexibility index (Phi) is 7.24. The van der Waals surface area contributed by atoms with E-state index in [9.17, 15) is 9.18 Å². The third-order valence-corrected chi connectivity index (χ3v) is 6.52. The highest BCUT2D eigenvalue weighted by Gasteiger charge is 2.26. The van der Waals surface area contributed by atoms with Gasteiger partial charge in [-0.25, -0.2) is 9.18 Å². The lowest BCUT2D eigenvalue weighted by atomic mass is 9.95. The number of thiophene rings is 1. The molecule has 1 aromatic heterocycles. The normalized spacial score (nSPS) is 13.5. The van der Waals surface area contributed by atoms with Crippen LogP contribution >= 0.6 is 11.3 Å². The molecule has 0 spiro atoms. The summed E-state index contributed by atoms with van der Waals surface area (Å²) in [4.78, 5) is 15.3. The van der Waals surface area contributed by atoms with Crippen molar-refractivity contribution in [1.29, 1.82) is 0 Å². The first-order chi connectivity index (χ1) is 16.2. The van der Waals surface area contributed by atoms with Crippen molar-refractivity contribution in [3.63, 3.8) is 0 Å². The molecule has 180 valence electrons. The van der Waals surface area contributed by atoms with Gasteiger partial charge in [0.2, 0.25) is 0 Å². The number of ether oxygens (including phenoxy) is 3. The van der Waals surface area contributed by atoms with Crippen LogP contribution in [0.25, 0.3) is 21.6 Å². The van der Waals surface area contributed by atoms with E-state index in [1.165, 1.54) is 17.7 Å². The van der Waals surface area contributed by atoms with Crippen LogP contribution in [0.3, 0.4) is 0 Å². The first-order valence-electron chi connectivity index (χ1n) is 11.3. The van der Waals surface area contributed by atoms with Crippen LogP contribution in [-0.2, 0) is 22.4 Å². The highest BCUT2D eigenvalue weighted by molar-refractivity contribution is 7.14. The molecule has 0 bridgehead atoms. The lowest BCUT2D eigenvalue weighted by molar-refractivity contribution is 0.0224. The van der Waals surface area contributed by atoms with Crippen molar-refractivity contribution in [3.05, 3.63) is 64.8 Å². The van der Waals surface area contributed by atoms with Gasteiger partial charge in [-0.05, 0) is 79.1 Å². The summed E-state index contributed by atoms with van der Waals surface area (Å²) in [6.45, 7) is 7.61. The van der Waals surface area contributed by atoms with Crippen molar-refractivity contribution < 1.29 is 23.4 Å². The molecule has 0 radical (unpaired) electrons. The molecule has 4 rings (SSSR count). The van der Waals surface area contributed by atoms with E-state index in [0.717, 1.165) is 33.6 Å². The number of nitrogens with zero attached hydrogens (tertiary/aromatic N) is 1. The van der Waals surface area contributed by atoms with Crippen LogP contribution in [0.5, 0.6) is 5.75 Å². The summed E-state index contributed by atoms with van der Waals surface area (Å²) in [7, 11) is 1.60. The van der Waals surface area contributed by atoms with E-state index in [2.05, 4.69) is 29.6 Å². The average Bonchev–Trinajstić information content (AvgIpc) is 3.27. The van der Waals surface area contributed by atoms with Crippen molar-refractivity contribution in [1.82, 2.24) is 4.90 Å². The maximum atomic E-state index is 13.8. The fourth-order valence-corrected chi connectivity index (χ4v) is 4.85. The van der Waals surface area contributed by atoms with Crippen molar-refractivity contribution in [2.24, 2.45) is 0 Å². The maximum absolute atomic E-state index is 13.8. The molecule has 2 aromatic carbocycles. The Bertz CT molecular complexity index is 1170. The molecule has 7 heteroatoms. The van der Waals surface area contributed by atoms with Crippen molar-refractivity contribution in [3.8, 4) is 27.3 Å². The number of rotatable bonds is 6. The van der Waals surface area contributed by atoms with E-state index >= 15 is 0 Å². The molecular formula is C27H30FNO4S. The number of benzene rings is 2. The van der Waals surface area contributed by atoms with Gasteiger partial charge in [0.15, 0.2) is 0 Å². The molecule has 0 saturated heterocycles. The highest BCUT2D eigenvalue weighted by Crippen LogP contribution is 2.38. The van der Waals surface area contributed by atoms with Crippen LogP contribution in [0.15, 0.2) is 47.8 Å². The third-order valence-electron chi connectivity index (χ3n) is 5.56. The smallest absolute Gasteiger partial charge is 0.410 e. The highest BCUT2D eigenvalue weighted by atomic mass is 32.1. The Hall–Kier alpha value is -2.90. The lowest BCUT2D eigenvalue weighted by Gasteiger charge is -2.31. The van der Waals surface area contributed by atoms with Crippen LogP contribution in [0, 0.1) is 5.82 Å². The zero-order valence-electron chi connectivity index (χ0n) is 20.0. The van der Waals surface area contributed by atoms with E-state index < -0.39 is 5.60 Å². The van der Waals surface area contributed by atoms with Crippen LogP contribution in [0.4, 0.5) is 9.18 Å². The van der Waals surface area contributed by atoms with Crippen molar-refractivity contribution in [2.75, 3.05) is 26.9 Å². The standard InChI is InChI=1S/C27H30FNO4S/c1-27(2,3)33-26(30)29-10-9-18-5-6-19(13-20(18)16-29)21-14-25(34-17-21)23-8-7-22(28)15-24(23)32-12-11-31-4/h5-8,13-15,17H,9-12,16H2,1-4H3. The first kappa shape index (κ1) is 24.2. The Morgan fingerprint density at radius 1 is 1.06 bits per heavy atom. The Labute approximate surface area is 204 Å². The first-order valence-corrected chi connectivity index (χ1v) is 12.2. The minimum Gasteiger partial charge on any atom is -0.490 e. The van der Waals surface area contributed by atoms with Gasteiger partial charge in [0.1, 0.15) is 23.8 Å². The monoisotopic (exact) mass is 483 g/mol. The molecule has 1 amide bonds. The topological polar surface area (TPSA) is 48.0 Å². The van der Waals surface area contributed by atoms with Crippen LogP contribution < -0.4 is 4.74 Å². The molecule has 1 aliphatic heterocycles. The van der Waals surface area contributed by atoms with Gasteiger partial charge < -0.3 is 19.1 Å². The van der Waals surface area contributed by atoms with E-state index in [4.69, 9.17) is 14.2 Å². The molecule has 0 aliphatic carbocycles. The molecular weight excluding hydrogens is 453 g/mol. The number of methoxy groups -OCH3 is 1. The van der Waals surface area contributed by atoms with Crippen LogP contribution in [0.1, 0.15) is 31.9 Å². The Morgan fingerprint density at radius 2 is 1.88 bits per heavy atom. The Morgan fingerprint density at radius 3 is 2.65 bits per heavy atom. The summed E-state index contributed by atoms with van der Waals surface area (Å²) in [6.07, 6.45) is 0.528. The summed E-state index contributed by atoms with van der Waals surface area (Å²) in [5.41, 5.74) is 4.88. The number of carbonyl (C=O) groups is 1. The van der Waals surface area contributed by atoms with Gasteiger partial charge in [-0.1, -0.05) is 12.1 Å². The summed E-state index contributed by atoms with van der Waals surface area (Å²) < 4.78 is 30.2. The zero-order valence-corrected chi connectivity index (χ0v) is 20.8. The molecule has 0 N–H and O–H groups in total. The predicted octanol–water partition coefficient (Wildman–Crippen LogP) is 6.54. The largest absolute Gasteiger partial charge is 0.490 e. The number of halogens is 1. The second-order valence-corrected chi connectivity index (χ2v) is 10.2. The van der Waals surface area contributed by atoms with Gasteiger partial charge in [0.05, 0.1) is 6.61 Å². The van der Waals surface area contributed by atoms with Crippen LogP contribution in [0.2, 0.25) is 0 Å². The number of amides is 1. The van der Waals surface area contributed by atoms with Crippen molar-refractivity contribution >= 4 is 17.4 Å². The molecule has 3 aromatic rings. The van der Waals surface area contributed by atoms with Crippen LogP contribution in [-0.4, -0.2) is 43.5 Å². The summed E-state index contributed by atoms with van der Waals surface area (Å²) in [5, 5.41) is 2.09. The van der Waals surface area contributed by atoms with Gasteiger partial charge in [0, 0.05) is 36.7 Å². The number of carbonyl (C=O) groups excluding carboxylic acids is 1. The van der Waals surface area contributed by atoms with E-state index in [0.29, 0.717) is 32.1 Å². The fourth-order valence-electron chi connectivity index (χ4n) is 3.90. The number of hydrogen-bond acceptors (Lipinski definition) is 5. The number of hydrogen-bond donors (Lipinski definition) is 0. The molecule has 1 aliphatic rings. The maximum Gasteiger partial charge on any atom is 0.410 e. The molecule has 5 nitrogen and oxygen atoms in total. The van der Waals surface area contributed by atoms with Gasteiger partial charge in [-0.2, -0.15) is 0 Å². The molecule has 0 fully saturated rings. The second kappa shape index (κ2) is 10.2. The van der Waals surface area contributed by atoms with Gasteiger partial charge in [-0.3, -0.25) is 0 Å². The van der Waals surface area contributed by atoms with E-state index in [1.807, 2.05) is 20.8 Å². The van der Waals surface area contributed by atoms with Gasteiger partial charge >= 0.3 is 6.09 Å². The molecule has 0 atom stereocenters. The molecule has 0 saturated carbocycles. The second-order valence-electron chi connectivity index (χ2n) is 9.32. The Balaban J connectivity index is 1.55. The molecule has 2 heterocycles. The summed E-state index contributed by atoms with van der Waals surface area (Å²) >= 11 is 1.59. The quantitative estimate of drug-likeness (QED) is 0.374. The lowest BCUT2D eigenvalue weighted by Crippen LogP contribution is -2.39. The zero-order chi connectivity index (χ0) is 24.3. The fraction of sp³-hybridized carbons (Fsp3) is 0.370. The third kappa shape index (κ3) is 5.77.